The van der Waals surface area contributed by atoms with Crippen LogP contribution < -0.4 is 0 Å². The lowest BCUT2D eigenvalue weighted by Crippen LogP contribution is -2.34. The molecule has 1 fully saturated rings. The van der Waals surface area contributed by atoms with Gasteiger partial charge in [0, 0.05) is 0 Å². The molecule has 0 saturated heterocycles. The molecule has 1 rings (SSSR count). The van der Waals surface area contributed by atoms with Gasteiger partial charge in [-0.1, -0.05) is 64.2 Å². The van der Waals surface area contributed by atoms with Gasteiger partial charge in [0.25, 0.3) is 10.1 Å². The molecule has 0 aromatic rings. The summed E-state index contributed by atoms with van der Waals surface area (Å²) < 4.78 is 34.4. The summed E-state index contributed by atoms with van der Waals surface area (Å²) in [6.07, 6.45) is 18.9. The maximum absolute atomic E-state index is 11.4. The molecule has 1 aliphatic rings. The molecule has 0 heterocycles. The van der Waals surface area contributed by atoms with Crippen LogP contribution in [0.3, 0.4) is 0 Å². The molecule has 0 aromatic carbocycles. The molecule has 0 aromatic heterocycles. The Bertz CT molecular complexity index is 497. The lowest BCUT2D eigenvalue weighted by molar-refractivity contribution is -0.0543. The maximum Gasteiger partial charge on any atom is 0.264 e. The second-order valence-corrected chi connectivity index (χ2v) is 11.7. The Morgan fingerprint density at radius 2 is 1.11 bits per heavy atom. The van der Waals surface area contributed by atoms with Gasteiger partial charge in [0.2, 0.25) is 0 Å². The lowest BCUT2D eigenvalue weighted by atomic mass is 9.92. The minimum Gasteiger partial charge on any atom is -0.375 e. The van der Waals surface area contributed by atoms with Crippen molar-refractivity contribution in [3.8, 4) is 0 Å². The van der Waals surface area contributed by atoms with Gasteiger partial charge in [0.1, 0.15) is 0 Å². The fourth-order valence-corrected chi connectivity index (χ4v) is 4.96. The Kier molecular flexibility index (Phi) is 11.6. The SMILES string of the molecule is CC(C)(CCC(C)(C)OS(C)(=O)=O)OCC1CCCCCCCCCCCC1. The smallest absolute Gasteiger partial charge is 0.264 e. The molecule has 1 saturated carbocycles. The van der Waals surface area contributed by atoms with Crippen molar-refractivity contribution in [2.75, 3.05) is 12.9 Å². The van der Waals surface area contributed by atoms with E-state index in [1.165, 1.54) is 77.0 Å². The highest BCUT2D eigenvalue weighted by molar-refractivity contribution is 7.86. The van der Waals surface area contributed by atoms with E-state index in [0.29, 0.717) is 12.3 Å². The van der Waals surface area contributed by atoms with Crippen molar-refractivity contribution in [1.29, 1.82) is 0 Å². The van der Waals surface area contributed by atoms with Gasteiger partial charge in [-0.2, -0.15) is 8.42 Å². The van der Waals surface area contributed by atoms with Crippen molar-refractivity contribution >= 4 is 10.1 Å². The van der Waals surface area contributed by atoms with Crippen LogP contribution in [0.2, 0.25) is 0 Å². The Balaban J connectivity index is 2.45. The Hall–Kier alpha value is -0.130. The van der Waals surface area contributed by atoms with Crippen molar-refractivity contribution in [2.45, 2.75) is 129 Å². The first-order chi connectivity index (χ1) is 13.0. The first-order valence-corrected chi connectivity index (χ1v) is 13.4. The van der Waals surface area contributed by atoms with Gasteiger partial charge < -0.3 is 4.74 Å². The molecule has 0 spiro atoms. The largest absolute Gasteiger partial charge is 0.375 e. The molecule has 4 nitrogen and oxygen atoms in total. The molecule has 1 aliphatic carbocycles. The third kappa shape index (κ3) is 13.9. The van der Waals surface area contributed by atoms with E-state index in [1.807, 2.05) is 13.8 Å². The molecule has 0 atom stereocenters. The normalized spacial score (nSPS) is 20.2. The number of hydrogen-bond donors (Lipinski definition) is 0. The van der Waals surface area contributed by atoms with Crippen LogP contribution in [0.25, 0.3) is 0 Å². The van der Waals surface area contributed by atoms with E-state index in [1.54, 1.807) is 0 Å². The van der Waals surface area contributed by atoms with E-state index < -0.39 is 15.7 Å². The van der Waals surface area contributed by atoms with Crippen LogP contribution in [0.15, 0.2) is 0 Å². The molecule has 0 N–H and O–H groups in total. The third-order valence-electron chi connectivity index (χ3n) is 5.89. The highest BCUT2D eigenvalue weighted by Gasteiger charge is 2.29. The highest BCUT2D eigenvalue weighted by Crippen LogP contribution is 2.28. The van der Waals surface area contributed by atoms with Gasteiger partial charge in [-0.25, -0.2) is 0 Å². The number of hydrogen-bond acceptors (Lipinski definition) is 4. The molecule has 168 valence electrons. The first-order valence-electron chi connectivity index (χ1n) is 11.5. The molecule has 28 heavy (non-hydrogen) atoms. The van der Waals surface area contributed by atoms with E-state index in [9.17, 15) is 8.42 Å². The summed E-state index contributed by atoms with van der Waals surface area (Å²) in [6.45, 7) is 8.71. The molecule has 0 bridgehead atoms. The van der Waals surface area contributed by atoms with E-state index in [2.05, 4.69) is 13.8 Å². The van der Waals surface area contributed by atoms with E-state index in [4.69, 9.17) is 8.92 Å². The zero-order chi connectivity index (χ0) is 21.1. The minimum absolute atomic E-state index is 0.265. The summed E-state index contributed by atoms with van der Waals surface area (Å²) in [5.41, 5.74) is -0.959. The molecular weight excluding hydrogens is 372 g/mol. The third-order valence-corrected chi connectivity index (χ3v) is 6.64. The Morgan fingerprint density at radius 1 is 0.714 bits per heavy atom. The van der Waals surface area contributed by atoms with Crippen LogP contribution in [0.4, 0.5) is 0 Å². The second kappa shape index (κ2) is 12.5. The monoisotopic (exact) mass is 418 g/mol. The van der Waals surface area contributed by atoms with Gasteiger partial charge >= 0.3 is 0 Å². The number of ether oxygens (including phenoxy) is 1. The van der Waals surface area contributed by atoms with Crippen LogP contribution in [-0.4, -0.2) is 32.5 Å². The maximum atomic E-state index is 11.4. The van der Waals surface area contributed by atoms with Gasteiger partial charge in [0.05, 0.1) is 24.1 Å². The molecular formula is C23H46O4S. The predicted octanol–water partition coefficient (Wildman–Crippen LogP) is 6.63. The zero-order valence-electron chi connectivity index (χ0n) is 19.2. The van der Waals surface area contributed by atoms with E-state index in [0.717, 1.165) is 19.3 Å². The minimum atomic E-state index is -3.44. The standard InChI is InChI=1S/C23H46O4S/c1-22(2,18-19-23(3,4)27-28(5,24)25)26-20-21-16-14-12-10-8-6-7-9-11-13-15-17-21/h21H,6-20H2,1-5H3. The van der Waals surface area contributed by atoms with Gasteiger partial charge in [-0.3, -0.25) is 4.18 Å². The van der Waals surface area contributed by atoms with Crippen molar-refractivity contribution in [1.82, 2.24) is 0 Å². The fourth-order valence-electron chi connectivity index (χ4n) is 4.06. The molecule has 0 amide bonds. The van der Waals surface area contributed by atoms with Crippen LogP contribution in [0.5, 0.6) is 0 Å². The summed E-state index contributed by atoms with van der Waals surface area (Å²) in [5.74, 6) is 0.653. The van der Waals surface area contributed by atoms with E-state index >= 15 is 0 Å². The molecule has 5 heteroatoms. The van der Waals surface area contributed by atoms with Crippen LogP contribution in [0.1, 0.15) is 118 Å². The summed E-state index contributed by atoms with van der Waals surface area (Å²) in [4.78, 5) is 0. The van der Waals surface area contributed by atoms with Gasteiger partial charge in [-0.15, -0.1) is 0 Å². The highest BCUT2D eigenvalue weighted by atomic mass is 32.2. The average molecular weight is 419 g/mol. The fraction of sp³-hybridized carbons (Fsp3) is 1.00. The van der Waals surface area contributed by atoms with Crippen LogP contribution in [-0.2, 0) is 19.0 Å². The molecule has 0 aliphatic heterocycles. The van der Waals surface area contributed by atoms with Gasteiger partial charge in [-0.05, 0) is 59.3 Å². The summed E-state index contributed by atoms with van der Waals surface area (Å²) in [7, 11) is -3.44. The molecule has 0 unspecified atom stereocenters. The lowest BCUT2D eigenvalue weighted by Gasteiger charge is -2.32. The Morgan fingerprint density at radius 3 is 1.54 bits per heavy atom. The molecule has 0 radical (unpaired) electrons. The Labute approximate surface area is 175 Å². The topological polar surface area (TPSA) is 52.6 Å². The van der Waals surface area contributed by atoms with Crippen LogP contribution in [0, 0.1) is 5.92 Å². The quantitative estimate of drug-likeness (QED) is 0.415. The van der Waals surface area contributed by atoms with Crippen molar-refractivity contribution < 1.29 is 17.3 Å². The summed E-state index contributed by atoms with van der Waals surface area (Å²) in [6, 6.07) is 0. The van der Waals surface area contributed by atoms with E-state index in [-0.39, 0.29) is 5.60 Å². The van der Waals surface area contributed by atoms with Crippen molar-refractivity contribution in [2.24, 2.45) is 5.92 Å². The van der Waals surface area contributed by atoms with Crippen molar-refractivity contribution in [3.05, 3.63) is 0 Å². The summed E-state index contributed by atoms with van der Waals surface area (Å²) in [5, 5.41) is 0. The number of rotatable bonds is 8. The van der Waals surface area contributed by atoms with Gasteiger partial charge in [0.15, 0.2) is 0 Å². The predicted molar refractivity (Wildman–Crippen MR) is 118 cm³/mol. The second-order valence-electron chi connectivity index (χ2n) is 10.1. The van der Waals surface area contributed by atoms with Crippen LogP contribution >= 0.6 is 0 Å². The zero-order valence-corrected chi connectivity index (χ0v) is 20.0. The average Bonchev–Trinajstić information content (AvgIpc) is 2.58. The summed E-state index contributed by atoms with van der Waals surface area (Å²) >= 11 is 0. The first kappa shape index (κ1) is 25.9. The van der Waals surface area contributed by atoms with Crippen molar-refractivity contribution in [3.63, 3.8) is 0 Å².